The first-order valence-corrected chi connectivity index (χ1v) is 9.48. The van der Waals surface area contributed by atoms with Gasteiger partial charge in [0.2, 0.25) is 11.7 Å². The van der Waals surface area contributed by atoms with Crippen molar-refractivity contribution >= 4 is 0 Å². The van der Waals surface area contributed by atoms with E-state index in [4.69, 9.17) is 14.0 Å². The minimum absolute atomic E-state index is 0.328. The summed E-state index contributed by atoms with van der Waals surface area (Å²) in [4.78, 5) is 6.74. The van der Waals surface area contributed by atoms with Gasteiger partial charge in [0.1, 0.15) is 11.5 Å². The fraction of sp³-hybridized carbons (Fsp3) is 0.364. The zero-order valence-electron chi connectivity index (χ0n) is 16.9. The summed E-state index contributed by atoms with van der Waals surface area (Å²) >= 11 is 0. The third kappa shape index (κ3) is 5.10. The summed E-state index contributed by atoms with van der Waals surface area (Å²) < 4.78 is 16.1. The van der Waals surface area contributed by atoms with Crippen LogP contribution in [0.1, 0.15) is 25.3 Å². The normalized spacial score (nSPS) is 12.2. The van der Waals surface area contributed by atoms with Crippen molar-refractivity contribution in [1.29, 1.82) is 0 Å². The van der Waals surface area contributed by atoms with Crippen LogP contribution in [0.25, 0.3) is 11.4 Å². The molecule has 28 heavy (non-hydrogen) atoms. The molecule has 0 spiro atoms. The van der Waals surface area contributed by atoms with Gasteiger partial charge < -0.3 is 14.0 Å². The molecule has 148 valence electrons. The maximum Gasteiger partial charge on any atom is 0.241 e. The SMILES string of the molecule is CCOc1ccc(-c2noc(CN(C)C(C)Cc3ccc(OC)cc3)n2)cc1. The first kappa shape index (κ1) is 19.9. The maximum atomic E-state index is 5.46. The Kier molecular flexibility index (Phi) is 6.66. The Hall–Kier alpha value is -2.86. The van der Waals surface area contributed by atoms with Crippen molar-refractivity contribution < 1.29 is 14.0 Å². The number of methoxy groups -OCH3 is 1. The van der Waals surface area contributed by atoms with Crippen LogP contribution in [-0.2, 0) is 13.0 Å². The molecule has 0 N–H and O–H groups in total. The van der Waals surface area contributed by atoms with Crippen molar-refractivity contribution in [1.82, 2.24) is 15.0 Å². The third-order valence-corrected chi connectivity index (χ3v) is 4.72. The van der Waals surface area contributed by atoms with Gasteiger partial charge in [0.25, 0.3) is 0 Å². The Morgan fingerprint density at radius 2 is 1.71 bits per heavy atom. The minimum Gasteiger partial charge on any atom is -0.497 e. The summed E-state index contributed by atoms with van der Waals surface area (Å²) in [5.74, 6) is 2.90. The molecule has 0 aliphatic rings. The van der Waals surface area contributed by atoms with Gasteiger partial charge in [-0.3, -0.25) is 4.90 Å². The van der Waals surface area contributed by atoms with E-state index >= 15 is 0 Å². The molecule has 0 bridgehead atoms. The van der Waals surface area contributed by atoms with Gasteiger partial charge in [-0.2, -0.15) is 4.98 Å². The van der Waals surface area contributed by atoms with Gasteiger partial charge in [0.15, 0.2) is 0 Å². The first-order valence-electron chi connectivity index (χ1n) is 9.48. The number of benzene rings is 2. The molecule has 1 aromatic heterocycles. The summed E-state index contributed by atoms with van der Waals surface area (Å²) in [6.45, 7) is 5.40. The Labute approximate surface area is 166 Å². The molecule has 0 fully saturated rings. The molecule has 1 heterocycles. The molecule has 0 aliphatic carbocycles. The van der Waals surface area contributed by atoms with Crippen LogP contribution in [0.2, 0.25) is 0 Å². The number of nitrogens with zero attached hydrogens (tertiary/aromatic N) is 3. The molecule has 0 radical (unpaired) electrons. The van der Waals surface area contributed by atoms with Crippen molar-refractivity contribution in [3.63, 3.8) is 0 Å². The highest BCUT2D eigenvalue weighted by atomic mass is 16.5. The minimum atomic E-state index is 0.328. The predicted molar refractivity (Wildman–Crippen MR) is 109 cm³/mol. The molecule has 0 saturated carbocycles. The second-order valence-electron chi connectivity index (χ2n) is 6.79. The smallest absolute Gasteiger partial charge is 0.241 e. The van der Waals surface area contributed by atoms with Crippen molar-refractivity contribution in [2.24, 2.45) is 0 Å². The van der Waals surface area contributed by atoms with Crippen LogP contribution in [0.5, 0.6) is 11.5 Å². The Morgan fingerprint density at radius 3 is 2.36 bits per heavy atom. The second-order valence-corrected chi connectivity index (χ2v) is 6.79. The van der Waals surface area contributed by atoms with Crippen molar-refractivity contribution in [3.8, 4) is 22.9 Å². The number of aromatic nitrogens is 2. The average Bonchev–Trinajstić information content (AvgIpc) is 3.18. The number of rotatable bonds is 9. The molecule has 6 heteroatoms. The third-order valence-electron chi connectivity index (χ3n) is 4.72. The summed E-state index contributed by atoms with van der Waals surface area (Å²) in [5.41, 5.74) is 2.17. The number of hydrogen-bond donors (Lipinski definition) is 0. The van der Waals surface area contributed by atoms with Crippen LogP contribution in [-0.4, -0.2) is 41.8 Å². The molecule has 3 aromatic rings. The number of likely N-dealkylation sites (N-methyl/N-ethyl adjacent to an activating group) is 1. The van der Waals surface area contributed by atoms with E-state index in [0.717, 1.165) is 23.5 Å². The summed E-state index contributed by atoms with van der Waals surface area (Å²) in [6, 6.07) is 16.2. The second kappa shape index (κ2) is 9.37. The molecule has 2 aromatic carbocycles. The lowest BCUT2D eigenvalue weighted by atomic mass is 10.1. The standard InChI is InChI=1S/C22H27N3O3/c1-5-27-20-12-8-18(9-13-20)22-23-21(28-24-22)15-25(3)16(2)14-17-6-10-19(26-4)11-7-17/h6-13,16H,5,14-15H2,1-4H3. The van der Waals surface area contributed by atoms with Gasteiger partial charge in [-0.05, 0) is 69.3 Å². The molecule has 0 amide bonds. The van der Waals surface area contributed by atoms with E-state index in [0.29, 0.717) is 30.9 Å². The zero-order chi connectivity index (χ0) is 19.9. The van der Waals surface area contributed by atoms with E-state index < -0.39 is 0 Å². The van der Waals surface area contributed by atoms with Crippen LogP contribution >= 0.6 is 0 Å². The van der Waals surface area contributed by atoms with Crippen molar-refractivity contribution in [2.75, 3.05) is 20.8 Å². The van der Waals surface area contributed by atoms with Crippen molar-refractivity contribution in [2.45, 2.75) is 32.9 Å². The quantitative estimate of drug-likeness (QED) is 0.553. The van der Waals surface area contributed by atoms with Gasteiger partial charge in [0.05, 0.1) is 20.3 Å². The van der Waals surface area contributed by atoms with E-state index in [2.05, 4.69) is 41.1 Å². The topological polar surface area (TPSA) is 60.6 Å². The highest BCUT2D eigenvalue weighted by Gasteiger charge is 2.15. The van der Waals surface area contributed by atoms with Gasteiger partial charge in [0, 0.05) is 11.6 Å². The fourth-order valence-corrected chi connectivity index (χ4v) is 2.93. The number of ether oxygens (including phenoxy) is 2. The molecule has 0 saturated heterocycles. The van der Waals surface area contributed by atoms with E-state index in [9.17, 15) is 0 Å². The highest BCUT2D eigenvalue weighted by Crippen LogP contribution is 2.21. The molecular weight excluding hydrogens is 354 g/mol. The zero-order valence-corrected chi connectivity index (χ0v) is 16.9. The van der Waals surface area contributed by atoms with Crippen molar-refractivity contribution in [3.05, 3.63) is 60.0 Å². The lowest BCUT2D eigenvalue weighted by Gasteiger charge is -2.23. The molecule has 1 atom stereocenters. The summed E-state index contributed by atoms with van der Waals surface area (Å²) in [6.07, 6.45) is 0.931. The largest absolute Gasteiger partial charge is 0.497 e. The summed E-state index contributed by atoms with van der Waals surface area (Å²) in [5, 5.41) is 4.11. The van der Waals surface area contributed by atoms with E-state index in [1.54, 1.807) is 7.11 Å². The van der Waals surface area contributed by atoms with E-state index in [1.165, 1.54) is 5.56 Å². The van der Waals surface area contributed by atoms with Crippen LogP contribution in [0.4, 0.5) is 0 Å². The van der Waals surface area contributed by atoms with Crippen LogP contribution in [0.3, 0.4) is 0 Å². The fourth-order valence-electron chi connectivity index (χ4n) is 2.93. The van der Waals surface area contributed by atoms with Gasteiger partial charge >= 0.3 is 0 Å². The maximum absolute atomic E-state index is 5.46. The van der Waals surface area contributed by atoms with E-state index in [1.807, 2.05) is 43.3 Å². The first-order chi connectivity index (χ1) is 13.6. The van der Waals surface area contributed by atoms with Crippen LogP contribution < -0.4 is 9.47 Å². The molecule has 0 aliphatic heterocycles. The lowest BCUT2D eigenvalue weighted by molar-refractivity contribution is 0.213. The Morgan fingerprint density at radius 1 is 1.04 bits per heavy atom. The van der Waals surface area contributed by atoms with Gasteiger partial charge in [-0.25, -0.2) is 0 Å². The monoisotopic (exact) mass is 381 g/mol. The Balaban J connectivity index is 1.58. The average molecular weight is 381 g/mol. The molecule has 6 nitrogen and oxygen atoms in total. The van der Waals surface area contributed by atoms with E-state index in [-0.39, 0.29) is 0 Å². The molecule has 3 rings (SSSR count). The van der Waals surface area contributed by atoms with Crippen LogP contribution in [0.15, 0.2) is 53.1 Å². The van der Waals surface area contributed by atoms with Crippen LogP contribution in [0, 0.1) is 0 Å². The van der Waals surface area contributed by atoms with Gasteiger partial charge in [-0.1, -0.05) is 17.3 Å². The number of hydrogen-bond acceptors (Lipinski definition) is 6. The summed E-state index contributed by atoms with van der Waals surface area (Å²) in [7, 11) is 3.74. The lowest BCUT2D eigenvalue weighted by Crippen LogP contribution is -2.30. The van der Waals surface area contributed by atoms with Gasteiger partial charge in [-0.15, -0.1) is 0 Å². The molecule has 1 unspecified atom stereocenters. The predicted octanol–water partition coefficient (Wildman–Crippen LogP) is 4.21. The Bertz CT molecular complexity index is 859. The highest BCUT2D eigenvalue weighted by molar-refractivity contribution is 5.55. The molecular formula is C22H27N3O3.